The van der Waals surface area contributed by atoms with Gasteiger partial charge in [-0.25, -0.2) is 28.1 Å². The lowest BCUT2D eigenvalue weighted by Gasteiger charge is -2.58. The number of hydrogen-bond donors (Lipinski definition) is 0. The van der Waals surface area contributed by atoms with Crippen LogP contribution >= 0.6 is 0 Å². The van der Waals surface area contributed by atoms with Crippen LogP contribution in [-0.2, 0) is 37.8 Å². The second-order valence-electron chi connectivity index (χ2n) is 18.4. The van der Waals surface area contributed by atoms with Gasteiger partial charge >= 0.3 is 11.9 Å². The van der Waals surface area contributed by atoms with Crippen LogP contribution in [0.3, 0.4) is 0 Å². The summed E-state index contributed by atoms with van der Waals surface area (Å²) in [7, 11) is 0. The van der Waals surface area contributed by atoms with Gasteiger partial charge in [0.05, 0.1) is 25.9 Å². The molecule has 3 aromatic rings. The van der Waals surface area contributed by atoms with E-state index < -0.39 is 29.2 Å². The molecule has 1 aromatic carbocycles. The van der Waals surface area contributed by atoms with Gasteiger partial charge in [-0.2, -0.15) is 10.2 Å². The summed E-state index contributed by atoms with van der Waals surface area (Å²) in [4.78, 5) is 34.7. The van der Waals surface area contributed by atoms with Crippen LogP contribution in [0.4, 0.5) is 8.78 Å². The summed E-state index contributed by atoms with van der Waals surface area (Å²) in [5.74, 6) is 1.69. The van der Waals surface area contributed by atoms with Crippen molar-refractivity contribution in [1.82, 2.24) is 29.5 Å². The first-order chi connectivity index (χ1) is 26.8. The largest absolute Gasteiger partial charge is 0.462 e. The molecule has 8 atom stereocenters. The lowest BCUT2D eigenvalue weighted by molar-refractivity contribution is -0.169. The maximum atomic E-state index is 15.4. The van der Waals surface area contributed by atoms with Crippen LogP contribution in [0.2, 0.25) is 0 Å². The molecule has 2 aromatic heterocycles. The number of carbonyl (C=O) groups excluding carboxylic acids is 2. The highest BCUT2D eigenvalue weighted by atomic mass is 19.1. The number of ether oxygens (including phenoxy) is 2. The molecule has 0 N–H and O–H groups in total. The maximum absolute atomic E-state index is 15.4. The Bertz CT molecular complexity index is 1810. The monoisotopic (exact) mass is 774 g/mol. The average molecular weight is 775 g/mol. The van der Waals surface area contributed by atoms with E-state index in [0.717, 1.165) is 67.4 Å². The minimum atomic E-state index is -1.72. The number of nitrogens with zero attached hydrogens (tertiary/aromatic N) is 6. The van der Waals surface area contributed by atoms with Crippen molar-refractivity contribution in [3.8, 4) is 0 Å². The Kier molecular flexibility index (Phi) is 11.8. The number of rotatable bonds is 15. The van der Waals surface area contributed by atoms with Crippen LogP contribution in [-0.4, -0.2) is 47.6 Å². The van der Waals surface area contributed by atoms with Crippen molar-refractivity contribution in [1.29, 1.82) is 0 Å². The Morgan fingerprint density at radius 3 is 2.29 bits per heavy atom. The van der Waals surface area contributed by atoms with Crippen LogP contribution in [0.5, 0.6) is 0 Å². The molecule has 0 saturated heterocycles. The third-order valence-corrected chi connectivity index (χ3v) is 14.6. The highest BCUT2D eigenvalue weighted by Crippen LogP contribution is 2.67. The minimum Gasteiger partial charge on any atom is -0.462 e. The number of benzene rings is 1. The van der Waals surface area contributed by atoms with E-state index in [-0.39, 0.29) is 43.0 Å². The van der Waals surface area contributed by atoms with Crippen molar-refractivity contribution in [2.24, 2.45) is 46.3 Å². The van der Waals surface area contributed by atoms with E-state index in [4.69, 9.17) is 9.47 Å². The van der Waals surface area contributed by atoms with E-state index >= 15 is 4.39 Å². The fourth-order valence-electron chi connectivity index (χ4n) is 11.8. The summed E-state index contributed by atoms with van der Waals surface area (Å²) < 4.78 is 44.3. The van der Waals surface area contributed by atoms with E-state index in [0.29, 0.717) is 11.3 Å². The first kappa shape index (κ1) is 40.2. The Morgan fingerprint density at radius 2 is 1.62 bits per heavy atom. The molecule has 0 radical (unpaired) electrons. The Hall–Kier alpha value is -3.96. The molecule has 56 heavy (non-hydrogen) atoms. The predicted molar refractivity (Wildman–Crippen MR) is 206 cm³/mol. The van der Waals surface area contributed by atoms with Gasteiger partial charge in [-0.05, 0) is 103 Å². The molecule has 0 aliphatic heterocycles. The Morgan fingerprint density at radius 1 is 0.911 bits per heavy atom. The van der Waals surface area contributed by atoms with Crippen molar-refractivity contribution in [3.05, 3.63) is 72.4 Å². The quantitative estimate of drug-likeness (QED) is 0.111. The Balaban J connectivity index is 0.973. The summed E-state index contributed by atoms with van der Waals surface area (Å²) in [6.07, 6.45) is 20.2. The summed E-state index contributed by atoms with van der Waals surface area (Å²) >= 11 is 0. The van der Waals surface area contributed by atoms with Crippen LogP contribution < -0.4 is 0 Å². The molecule has 0 amide bonds. The third-order valence-electron chi connectivity index (χ3n) is 14.6. The molecule has 4 aliphatic carbocycles. The molecule has 304 valence electrons. The normalized spacial score (nSPS) is 29.2. The van der Waals surface area contributed by atoms with E-state index in [2.05, 4.69) is 60.9 Å². The van der Waals surface area contributed by atoms with Crippen LogP contribution in [0.1, 0.15) is 124 Å². The van der Waals surface area contributed by atoms with Gasteiger partial charge in [0.15, 0.2) is 5.60 Å². The SMILES string of the molecule is CC(C)CCC[C@@H](C)C1CCC2C3CC=C4C[C@H](OC(=O)CCC(=O)OC(Cn5cncn5)(Cn5cncn5)c5ccc(F)cc5F)CC[C@]4(C)C3CC[C@@]21C. The van der Waals surface area contributed by atoms with Gasteiger partial charge in [-0.3, -0.25) is 9.59 Å². The number of carbonyl (C=O) groups is 2. The molecule has 10 nitrogen and oxygen atoms in total. The van der Waals surface area contributed by atoms with Gasteiger partial charge in [-0.1, -0.05) is 65.5 Å². The fraction of sp³-hybridized carbons (Fsp3) is 0.682. The summed E-state index contributed by atoms with van der Waals surface area (Å²) in [5, 5.41) is 8.28. The number of esters is 2. The number of halogens is 2. The van der Waals surface area contributed by atoms with Crippen LogP contribution in [0.25, 0.3) is 0 Å². The highest BCUT2D eigenvalue weighted by molar-refractivity contribution is 5.78. The number of allylic oxidation sites excluding steroid dienone is 1. The maximum Gasteiger partial charge on any atom is 0.307 e. The minimum absolute atomic E-state index is 0.0731. The van der Waals surface area contributed by atoms with Gasteiger partial charge < -0.3 is 9.47 Å². The van der Waals surface area contributed by atoms with Gasteiger partial charge in [0.2, 0.25) is 0 Å². The van der Waals surface area contributed by atoms with Gasteiger partial charge in [0.1, 0.15) is 43.0 Å². The zero-order valence-corrected chi connectivity index (χ0v) is 33.8. The van der Waals surface area contributed by atoms with Crippen LogP contribution in [0, 0.1) is 58.0 Å². The van der Waals surface area contributed by atoms with E-state index in [1.807, 2.05) is 0 Å². The first-order valence-corrected chi connectivity index (χ1v) is 21.0. The molecular weight excluding hydrogens is 715 g/mol. The van der Waals surface area contributed by atoms with Crippen molar-refractivity contribution in [2.75, 3.05) is 0 Å². The lowest BCUT2D eigenvalue weighted by atomic mass is 9.47. The summed E-state index contributed by atoms with van der Waals surface area (Å²) in [5.41, 5.74) is 0.213. The van der Waals surface area contributed by atoms with Crippen LogP contribution in [0.15, 0.2) is 55.2 Å². The molecule has 2 heterocycles. The standard InChI is InChI=1S/C44H60F2N6O4/c1-29(2)7-6-8-30(3)35-13-14-36-34-11-9-31-21-33(17-19-42(31,4)37(34)18-20-43(35,36)5)55-40(53)15-16-41(54)56-44(23-51-27-47-25-49-51,24-52-28-48-26-50-52)38-12-10-32(45)22-39(38)46/h9-10,12,22,25-30,33-37H,6-8,11,13-21,23-24H2,1-5H3/t30-,33-,34?,35?,36?,37?,42+,43-/m1/s1. The number of aromatic nitrogens is 6. The molecular formula is C44H60F2N6O4. The molecule has 12 heteroatoms. The smallest absolute Gasteiger partial charge is 0.307 e. The summed E-state index contributed by atoms with van der Waals surface area (Å²) in [6, 6.07) is 3.08. The molecule has 3 fully saturated rings. The molecule has 4 aliphatic rings. The van der Waals surface area contributed by atoms with Gasteiger partial charge in [0, 0.05) is 18.1 Å². The molecule has 3 saturated carbocycles. The van der Waals surface area contributed by atoms with Crippen molar-refractivity contribution < 1.29 is 27.8 Å². The molecule has 4 unspecified atom stereocenters. The van der Waals surface area contributed by atoms with E-state index in [1.165, 1.54) is 91.3 Å². The fourth-order valence-corrected chi connectivity index (χ4v) is 11.8. The van der Waals surface area contributed by atoms with E-state index in [1.54, 1.807) is 0 Å². The Labute approximate surface area is 330 Å². The third kappa shape index (κ3) is 8.21. The number of hydrogen-bond acceptors (Lipinski definition) is 8. The predicted octanol–water partition coefficient (Wildman–Crippen LogP) is 9.02. The molecule has 0 bridgehead atoms. The van der Waals surface area contributed by atoms with Gasteiger partial charge in [0.25, 0.3) is 0 Å². The second kappa shape index (κ2) is 16.5. The van der Waals surface area contributed by atoms with E-state index in [9.17, 15) is 14.0 Å². The van der Waals surface area contributed by atoms with Crippen molar-refractivity contribution in [2.45, 2.75) is 143 Å². The zero-order valence-electron chi connectivity index (χ0n) is 33.8. The van der Waals surface area contributed by atoms with Gasteiger partial charge in [-0.15, -0.1) is 0 Å². The lowest BCUT2D eigenvalue weighted by Crippen LogP contribution is -2.51. The second-order valence-corrected chi connectivity index (χ2v) is 18.4. The first-order valence-electron chi connectivity index (χ1n) is 21.0. The zero-order chi connectivity index (χ0) is 39.7. The molecule has 0 spiro atoms. The highest BCUT2D eigenvalue weighted by Gasteiger charge is 2.59. The molecule has 7 rings (SSSR count). The topological polar surface area (TPSA) is 114 Å². The summed E-state index contributed by atoms with van der Waals surface area (Å²) in [6.45, 7) is 12.0. The van der Waals surface area contributed by atoms with Crippen molar-refractivity contribution in [3.63, 3.8) is 0 Å². The average Bonchev–Trinajstić information content (AvgIpc) is 3.93. The number of fused-ring (bicyclic) bond motifs is 5. The van der Waals surface area contributed by atoms with Crippen molar-refractivity contribution >= 4 is 11.9 Å².